The number of nitro benzene ring substituents is 1. The smallest absolute Gasteiger partial charge is 0.271 e. The maximum Gasteiger partial charge on any atom is 0.271 e. The molecule has 0 aromatic heterocycles. The average molecular weight is 410 g/mol. The van der Waals surface area contributed by atoms with Crippen molar-refractivity contribution >= 4 is 29.4 Å². The topological polar surface area (TPSA) is 114 Å². The number of anilines is 1. The molecule has 2 aromatic carbocycles. The maximum absolute atomic E-state index is 12.2. The van der Waals surface area contributed by atoms with Gasteiger partial charge in [0.15, 0.2) is 0 Å². The first-order valence-corrected chi connectivity index (χ1v) is 9.97. The Labute approximate surface area is 175 Å². The Morgan fingerprint density at radius 1 is 1.07 bits per heavy atom. The molecule has 0 spiro atoms. The van der Waals surface area contributed by atoms with Gasteiger partial charge < -0.3 is 5.32 Å². The van der Waals surface area contributed by atoms with E-state index in [4.69, 9.17) is 0 Å². The molecule has 8 heteroatoms. The largest absolute Gasteiger partial charge is 0.326 e. The van der Waals surface area contributed by atoms with E-state index < -0.39 is 10.8 Å². The van der Waals surface area contributed by atoms with Gasteiger partial charge in [-0.1, -0.05) is 44.7 Å². The van der Waals surface area contributed by atoms with E-state index in [2.05, 4.69) is 22.8 Å². The minimum atomic E-state index is -0.497. The summed E-state index contributed by atoms with van der Waals surface area (Å²) in [5.41, 5.74) is 3.83. The van der Waals surface area contributed by atoms with Gasteiger partial charge in [-0.15, -0.1) is 0 Å². The quantitative estimate of drug-likeness (QED) is 0.243. The second-order valence-electron chi connectivity index (χ2n) is 6.84. The number of benzene rings is 2. The zero-order valence-electron chi connectivity index (χ0n) is 17.0. The maximum atomic E-state index is 12.2. The third-order valence-corrected chi connectivity index (χ3v) is 4.40. The number of non-ortho nitro benzene ring substituents is 1. The highest BCUT2D eigenvalue weighted by Gasteiger charge is 2.07. The second-order valence-corrected chi connectivity index (χ2v) is 6.84. The van der Waals surface area contributed by atoms with Crippen molar-refractivity contribution in [1.29, 1.82) is 0 Å². The molecule has 0 fully saturated rings. The molecule has 0 saturated heterocycles. The van der Waals surface area contributed by atoms with E-state index in [1.54, 1.807) is 36.4 Å². The third kappa shape index (κ3) is 7.83. The SMILES string of the molecule is CCCCCCCC(=O)Nc1ccc(C(=O)N/N=C\c2cccc([N+](=O)[O-])c2)cc1. The summed E-state index contributed by atoms with van der Waals surface area (Å²) >= 11 is 0. The van der Waals surface area contributed by atoms with Gasteiger partial charge in [0.1, 0.15) is 0 Å². The summed E-state index contributed by atoms with van der Waals surface area (Å²) in [5, 5.41) is 17.4. The fourth-order valence-electron chi connectivity index (χ4n) is 2.77. The molecule has 0 aliphatic heterocycles. The van der Waals surface area contributed by atoms with Crippen LogP contribution in [0.15, 0.2) is 53.6 Å². The van der Waals surface area contributed by atoms with Crippen LogP contribution in [0.1, 0.15) is 61.4 Å². The Kier molecular flexibility index (Phi) is 9.18. The number of hydrogen-bond donors (Lipinski definition) is 2. The van der Waals surface area contributed by atoms with Gasteiger partial charge in [0.25, 0.3) is 11.6 Å². The number of unbranched alkanes of at least 4 members (excludes halogenated alkanes) is 4. The standard InChI is InChI=1S/C22H26N4O4/c1-2-3-4-5-6-10-21(27)24-19-13-11-18(12-14-19)22(28)25-23-16-17-8-7-9-20(15-17)26(29)30/h7-9,11-16H,2-6,10H2,1H3,(H,24,27)(H,25,28)/b23-16-. The summed E-state index contributed by atoms with van der Waals surface area (Å²) in [6.07, 6.45) is 7.26. The number of nitro groups is 1. The van der Waals surface area contributed by atoms with Gasteiger partial charge in [0, 0.05) is 35.4 Å². The van der Waals surface area contributed by atoms with Crippen LogP contribution in [0, 0.1) is 10.1 Å². The number of nitrogens with one attached hydrogen (secondary N) is 2. The molecule has 0 aliphatic carbocycles. The van der Waals surface area contributed by atoms with Crippen LogP contribution in [0.3, 0.4) is 0 Å². The average Bonchev–Trinajstić information content (AvgIpc) is 2.74. The lowest BCUT2D eigenvalue weighted by Crippen LogP contribution is -2.17. The van der Waals surface area contributed by atoms with Crippen LogP contribution in [0.4, 0.5) is 11.4 Å². The Bertz CT molecular complexity index is 894. The normalized spacial score (nSPS) is 10.7. The number of hydrazone groups is 1. The van der Waals surface area contributed by atoms with Crippen molar-refractivity contribution in [2.75, 3.05) is 5.32 Å². The number of amides is 2. The highest BCUT2D eigenvalue weighted by atomic mass is 16.6. The number of carbonyl (C=O) groups excluding carboxylic acids is 2. The molecular formula is C22H26N4O4. The number of nitrogens with zero attached hydrogens (tertiary/aromatic N) is 2. The molecule has 0 saturated carbocycles. The molecule has 0 aliphatic rings. The van der Waals surface area contributed by atoms with Crippen LogP contribution < -0.4 is 10.7 Å². The zero-order chi connectivity index (χ0) is 21.8. The number of rotatable bonds is 11. The van der Waals surface area contributed by atoms with Crippen molar-refractivity contribution in [3.8, 4) is 0 Å². The van der Waals surface area contributed by atoms with Gasteiger partial charge in [0.05, 0.1) is 11.1 Å². The number of carbonyl (C=O) groups is 2. The van der Waals surface area contributed by atoms with E-state index in [0.29, 0.717) is 23.2 Å². The van der Waals surface area contributed by atoms with Crippen LogP contribution in [0.5, 0.6) is 0 Å². The van der Waals surface area contributed by atoms with Gasteiger partial charge >= 0.3 is 0 Å². The molecule has 8 nitrogen and oxygen atoms in total. The summed E-state index contributed by atoms with van der Waals surface area (Å²) in [6.45, 7) is 2.15. The fourth-order valence-corrected chi connectivity index (χ4v) is 2.77. The molecule has 0 radical (unpaired) electrons. The minimum absolute atomic E-state index is 0.0368. The molecule has 2 rings (SSSR count). The molecule has 30 heavy (non-hydrogen) atoms. The van der Waals surface area contributed by atoms with Crippen molar-refractivity contribution in [3.63, 3.8) is 0 Å². The molecular weight excluding hydrogens is 384 g/mol. The lowest BCUT2D eigenvalue weighted by atomic mass is 10.1. The highest BCUT2D eigenvalue weighted by Crippen LogP contribution is 2.13. The van der Waals surface area contributed by atoms with Crippen LogP contribution in [0.25, 0.3) is 0 Å². The van der Waals surface area contributed by atoms with Gasteiger partial charge in [-0.3, -0.25) is 19.7 Å². The lowest BCUT2D eigenvalue weighted by Gasteiger charge is -2.06. The Balaban J connectivity index is 1.81. The predicted molar refractivity (Wildman–Crippen MR) is 117 cm³/mol. The summed E-state index contributed by atoms with van der Waals surface area (Å²) in [7, 11) is 0. The summed E-state index contributed by atoms with van der Waals surface area (Å²) in [4.78, 5) is 34.4. The van der Waals surface area contributed by atoms with Gasteiger partial charge in [-0.05, 0) is 30.7 Å². The first-order chi connectivity index (χ1) is 14.5. The van der Waals surface area contributed by atoms with Crippen molar-refractivity contribution < 1.29 is 14.5 Å². The molecule has 0 atom stereocenters. The zero-order valence-corrected chi connectivity index (χ0v) is 17.0. The van der Waals surface area contributed by atoms with E-state index >= 15 is 0 Å². The summed E-state index contributed by atoms with van der Waals surface area (Å²) in [6, 6.07) is 12.4. The predicted octanol–water partition coefficient (Wildman–Crippen LogP) is 4.66. The first kappa shape index (κ1) is 22.7. The van der Waals surface area contributed by atoms with Crippen molar-refractivity contribution in [3.05, 3.63) is 69.8 Å². The molecule has 0 bridgehead atoms. The molecule has 2 amide bonds. The molecule has 158 valence electrons. The van der Waals surface area contributed by atoms with E-state index in [9.17, 15) is 19.7 Å². The third-order valence-electron chi connectivity index (χ3n) is 4.40. The second kappa shape index (κ2) is 12.1. The van der Waals surface area contributed by atoms with Crippen molar-refractivity contribution in [2.45, 2.75) is 45.4 Å². The Morgan fingerprint density at radius 3 is 2.50 bits per heavy atom. The monoisotopic (exact) mass is 410 g/mol. The van der Waals surface area contributed by atoms with Crippen molar-refractivity contribution in [1.82, 2.24) is 5.43 Å². The fraction of sp³-hybridized carbons (Fsp3) is 0.318. The van der Waals surface area contributed by atoms with E-state index in [-0.39, 0.29) is 11.6 Å². The minimum Gasteiger partial charge on any atom is -0.326 e. The lowest BCUT2D eigenvalue weighted by molar-refractivity contribution is -0.384. The van der Waals surface area contributed by atoms with E-state index in [1.807, 2.05) is 0 Å². The molecule has 0 unspecified atom stereocenters. The summed E-state index contributed by atoms with van der Waals surface area (Å²) in [5.74, 6) is -0.462. The molecule has 0 heterocycles. The van der Waals surface area contributed by atoms with Crippen LogP contribution in [-0.4, -0.2) is 23.0 Å². The van der Waals surface area contributed by atoms with Gasteiger partial charge in [0.2, 0.25) is 5.91 Å². The first-order valence-electron chi connectivity index (χ1n) is 9.97. The van der Waals surface area contributed by atoms with Gasteiger partial charge in [-0.2, -0.15) is 5.10 Å². The van der Waals surface area contributed by atoms with Crippen LogP contribution >= 0.6 is 0 Å². The van der Waals surface area contributed by atoms with Crippen LogP contribution in [-0.2, 0) is 4.79 Å². The summed E-state index contributed by atoms with van der Waals surface area (Å²) < 4.78 is 0. The molecule has 2 N–H and O–H groups in total. The highest BCUT2D eigenvalue weighted by molar-refractivity contribution is 5.96. The van der Waals surface area contributed by atoms with Crippen molar-refractivity contribution in [2.24, 2.45) is 5.10 Å². The van der Waals surface area contributed by atoms with E-state index in [0.717, 1.165) is 19.3 Å². The Hall–Kier alpha value is -3.55. The Morgan fingerprint density at radius 2 is 1.80 bits per heavy atom. The van der Waals surface area contributed by atoms with Crippen LogP contribution in [0.2, 0.25) is 0 Å². The molecule has 2 aromatic rings. The number of hydrogen-bond acceptors (Lipinski definition) is 5. The van der Waals surface area contributed by atoms with E-state index in [1.165, 1.54) is 31.2 Å². The van der Waals surface area contributed by atoms with Gasteiger partial charge in [-0.25, -0.2) is 5.43 Å².